The number of methoxy groups -OCH3 is 1. The standard InChI is InChI=1S/C16H24N2O4S/c1-3-4-9-16(19)17-10-12-18(13-11-17)23(20,21)15-8-6-5-7-14(15)22-2/h5-8H,3-4,9-13H2,1-2H3. The number of ether oxygens (including phenoxy) is 1. The van der Waals surface area contributed by atoms with Crippen molar-refractivity contribution < 1.29 is 17.9 Å². The Morgan fingerprint density at radius 2 is 1.83 bits per heavy atom. The Bertz CT molecular complexity index is 637. The summed E-state index contributed by atoms with van der Waals surface area (Å²) in [4.78, 5) is 13.9. The van der Waals surface area contributed by atoms with Gasteiger partial charge in [0.05, 0.1) is 7.11 Å². The van der Waals surface area contributed by atoms with Crippen molar-refractivity contribution in [3.05, 3.63) is 24.3 Å². The molecular formula is C16H24N2O4S. The monoisotopic (exact) mass is 340 g/mol. The van der Waals surface area contributed by atoms with Gasteiger partial charge in [-0.25, -0.2) is 8.42 Å². The molecule has 0 aliphatic carbocycles. The van der Waals surface area contributed by atoms with Crippen LogP contribution in [0, 0.1) is 0 Å². The number of amides is 1. The molecule has 1 heterocycles. The zero-order valence-corrected chi connectivity index (χ0v) is 14.5. The molecule has 0 radical (unpaired) electrons. The highest BCUT2D eigenvalue weighted by atomic mass is 32.2. The van der Waals surface area contributed by atoms with E-state index in [-0.39, 0.29) is 10.8 Å². The van der Waals surface area contributed by atoms with E-state index in [4.69, 9.17) is 4.74 Å². The van der Waals surface area contributed by atoms with Gasteiger partial charge in [0.15, 0.2) is 0 Å². The maximum Gasteiger partial charge on any atom is 0.246 e. The molecule has 23 heavy (non-hydrogen) atoms. The van der Waals surface area contributed by atoms with E-state index in [0.29, 0.717) is 38.3 Å². The molecule has 1 fully saturated rings. The van der Waals surface area contributed by atoms with E-state index in [1.54, 1.807) is 29.2 Å². The van der Waals surface area contributed by atoms with Gasteiger partial charge in [-0.15, -0.1) is 0 Å². The van der Waals surface area contributed by atoms with Crippen molar-refractivity contribution >= 4 is 15.9 Å². The second-order valence-corrected chi connectivity index (χ2v) is 7.45. The minimum Gasteiger partial charge on any atom is -0.495 e. The predicted octanol–water partition coefficient (Wildman–Crippen LogP) is 1.72. The van der Waals surface area contributed by atoms with Gasteiger partial charge in [0.1, 0.15) is 10.6 Å². The molecule has 0 atom stereocenters. The molecule has 6 nitrogen and oxygen atoms in total. The van der Waals surface area contributed by atoms with Gasteiger partial charge in [-0.2, -0.15) is 4.31 Å². The maximum atomic E-state index is 12.8. The lowest BCUT2D eigenvalue weighted by atomic mass is 10.2. The summed E-state index contributed by atoms with van der Waals surface area (Å²) in [5.74, 6) is 0.454. The molecule has 1 saturated heterocycles. The van der Waals surface area contributed by atoms with Gasteiger partial charge < -0.3 is 9.64 Å². The third-order valence-corrected chi connectivity index (χ3v) is 5.96. The molecule has 0 aromatic heterocycles. The van der Waals surface area contributed by atoms with Gasteiger partial charge >= 0.3 is 0 Å². The fraction of sp³-hybridized carbons (Fsp3) is 0.562. The highest BCUT2D eigenvalue weighted by Crippen LogP contribution is 2.26. The summed E-state index contributed by atoms with van der Waals surface area (Å²) in [5, 5.41) is 0. The van der Waals surface area contributed by atoms with Gasteiger partial charge in [-0.05, 0) is 18.6 Å². The van der Waals surface area contributed by atoms with E-state index in [9.17, 15) is 13.2 Å². The molecule has 7 heteroatoms. The maximum absolute atomic E-state index is 12.8. The second-order valence-electron chi connectivity index (χ2n) is 5.54. The molecule has 2 rings (SSSR count). The van der Waals surface area contributed by atoms with Gasteiger partial charge in [0.2, 0.25) is 15.9 Å². The number of para-hydroxylation sites is 1. The lowest BCUT2D eigenvalue weighted by Gasteiger charge is -2.34. The van der Waals surface area contributed by atoms with Crippen LogP contribution in [0.3, 0.4) is 0 Å². The first kappa shape index (κ1) is 17.7. The Balaban J connectivity index is 2.05. The van der Waals surface area contributed by atoms with Crippen LogP contribution in [-0.4, -0.2) is 56.8 Å². The molecule has 1 aromatic carbocycles. The highest BCUT2D eigenvalue weighted by Gasteiger charge is 2.31. The summed E-state index contributed by atoms with van der Waals surface area (Å²) < 4.78 is 32.1. The Kier molecular flexibility index (Phi) is 6.01. The third-order valence-electron chi connectivity index (χ3n) is 4.02. The summed E-state index contributed by atoms with van der Waals surface area (Å²) in [5.41, 5.74) is 0. The van der Waals surface area contributed by atoms with Gasteiger partial charge in [-0.3, -0.25) is 4.79 Å². The fourth-order valence-electron chi connectivity index (χ4n) is 2.63. The Morgan fingerprint density at radius 1 is 1.17 bits per heavy atom. The van der Waals surface area contributed by atoms with Crippen molar-refractivity contribution in [3.8, 4) is 5.75 Å². The molecule has 0 saturated carbocycles. The summed E-state index contributed by atoms with van der Waals surface area (Å²) in [7, 11) is -2.14. The average Bonchev–Trinajstić information content (AvgIpc) is 2.59. The summed E-state index contributed by atoms with van der Waals surface area (Å²) in [6.45, 7) is 3.56. The van der Waals surface area contributed by atoms with Crippen molar-refractivity contribution in [2.24, 2.45) is 0 Å². The number of benzene rings is 1. The summed E-state index contributed by atoms with van der Waals surface area (Å²) in [6.07, 6.45) is 2.39. The Morgan fingerprint density at radius 3 is 2.43 bits per heavy atom. The number of nitrogens with zero attached hydrogens (tertiary/aromatic N) is 2. The molecule has 0 unspecified atom stereocenters. The molecule has 0 spiro atoms. The SMILES string of the molecule is CCCCC(=O)N1CCN(S(=O)(=O)c2ccccc2OC)CC1. The Labute approximate surface area is 138 Å². The molecule has 1 aliphatic rings. The van der Waals surface area contributed by atoms with Crippen LogP contribution in [0.1, 0.15) is 26.2 Å². The Hall–Kier alpha value is -1.60. The van der Waals surface area contributed by atoms with Gasteiger partial charge in [0.25, 0.3) is 0 Å². The number of unbranched alkanes of at least 4 members (excludes halogenated alkanes) is 1. The van der Waals surface area contributed by atoms with Crippen molar-refractivity contribution in [1.29, 1.82) is 0 Å². The lowest BCUT2D eigenvalue weighted by molar-refractivity contribution is -0.132. The van der Waals surface area contributed by atoms with Crippen LogP contribution < -0.4 is 4.74 Å². The van der Waals surface area contributed by atoms with Crippen LogP contribution in [0.4, 0.5) is 0 Å². The zero-order valence-electron chi connectivity index (χ0n) is 13.7. The molecule has 128 valence electrons. The first-order valence-electron chi connectivity index (χ1n) is 7.91. The van der Waals surface area contributed by atoms with Crippen LogP contribution in [0.5, 0.6) is 5.75 Å². The zero-order chi connectivity index (χ0) is 16.9. The number of rotatable bonds is 6. The molecule has 1 aromatic rings. The number of hydrogen-bond acceptors (Lipinski definition) is 4. The third kappa shape index (κ3) is 4.03. The normalized spacial score (nSPS) is 16.3. The highest BCUT2D eigenvalue weighted by molar-refractivity contribution is 7.89. The van der Waals surface area contributed by atoms with E-state index in [2.05, 4.69) is 0 Å². The van der Waals surface area contributed by atoms with Crippen molar-refractivity contribution in [2.45, 2.75) is 31.1 Å². The van der Waals surface area contributed by atoms with Gasteiger partial charge in [-0.1, -0.05) is 25.5 Å². The van der Waals surface area contributed by atoms with Gasteiger partial charge in [0, 0.05) is 32.6 Å². The quantitative estimate of drug-likeness (QED) is 0.791. The van der Waals surface area contributed by atoms with Crippen LogP contribution in [0.15, 0.2) is 29.2 Å². The van der Waals surface area contributed by atoms with E-state index >= 15 is 0 Å². The van der Waals surface area contributed by atoms with Crippen molar-refractivity contribution in [2.75, 3.05) is 33.3 Å². The van der Waals surface area contributed by atoms with Crippen molar-refractivity contribution in [3.63, 3.8) is 0 Å². The topological polar surface area (TPSA) is 66.9 Å². The average molecular weight is 340 g/mol. The summed E-state index contributed by atoms with van der Waals surface area (Å²) in [6, 6.07) is 6.60. The van der Waals surface area contributed by atoms with Crippen molar-refractivity contribution in [1.82, 2.24) is 9.21 Å². The first-order chi connectivity index (χ1) is 11.0. The minimum absolute atomic E-state index is 0.112. The number of piperazine rings is 1. The van der Waals surface area contributed by atoms with Crippen LogP contribution in [0.25, 0.3) is 0 Å². The van der Waals surface area contributed by atoms with Crippen LogP contribution >= 0.6 is 0 Å². The largest absolute Gasteiger partial charge is 0.495 e. The number of carbonyl (C=O) groups is 1. The predicted molar refractivity (Wildman–Crippen MR) is 87.9 cm³/mol. The molecule has 0 bridgehead atoms. The minimum atomic E-state index is -3.60. The molecular weight excluding hydrogens is 316 g/mol. The smallest absolute Gasteiger partial charge is 0.246 e. The summed E-state index contributed by atoms with van der Waals surface area (Å²) >= 11 is 0. The molecule has 0 N–H and O–H groups in total. The lowest BCUT2D eigenvalue weighted by Crippen LogP contribution is -2.50. The first-order valence-corrected chi connectivity index (χ1v) is 9.35. The van der Waals surface area contributed by atoms with E-state index in [1.165, 1.54) is 11.4 Å². The number of hydrogen-bond donors (Lipinski definition) is 0. The number of sulfonamides is 1. The second kappa shape index (κ2) is 7.79. The van der Waals surface area contributed by atoms with Crippen LogP contribution in [-0.2, 0) is 14.8 Å². The number of carbonyl (C=O) groups excluding carboxylic acids is 1. The van der Waals surface area contributed by atoms with E-state index < -0.39 is 10.0 Å². The molecule has 1 amide bonds. The van der Waals surface area contributed by atoms with E-state index in [1.807, 2.05) is 6.92 Å². The van der Waals surface area contributed by atoms with Crippen LogP contribution in [0.2, 0.25) is 0 Å². The fourth-order valence-corrected chi connectivity index (χ4v) is 4.21. The van der Waals surface area contributed by atoms with E-state index in [0.717, 1.165) is 12.8 Å². The molecule has 1 aliphatic heterocycles.